The summed E-state index contributed by atoms with van der Waals surface area (Å²) in [7, 11) is 0. The first-order valence-corrected chi connectivity index (χ1v) is 9.43. The SMILES string of the molecule is N[C@H](C(=O)N1CCC/C1=C\NOCc1ccccc1)C1CCCCC1. The number of amides is 1. The summed E-state index contributed by atoms with van der Waals surface area (Å²) in [6.07, 6.45) is 9.50. The molecule has 0 aromatic heterocycles. The number of carbonyl (C=O) groups excluding carboxylic acids is 1. The number of benzene rings is 1. The summed E-state index contributed by atoms with van der Waals surface area (Å²) in [6, 6.07) is 9.62. The molecule has 1 aliphatic carbocycles. The number of nitrogens with two attached hydrogens (primary N) is 1. The number of nitrogens with zero attached hydrogens (tertiary/aromatic N) is 1. The zero-order chi connectivity index (χ0) is 17.5. The van der Waals surface area contributed by atoms with Crippen LogP contribution < -0.4 is 11.2 Å². The number of carbonyl (C=O) groups is 1. The van der Waals surface area contributed by atoms with Crippen molar-refractivity contribution in [1.29, 1.82) is 0 Å². The van der Waals surface area contributed by atoms with Crippen molar-refractivity contribution in [3.8, 4) is 0 Å². The average Bonchev–Trinajstić information content (AvgIpc) is 3.14. The fourth-order valence-corrected chi connectivity index (χ4v) is 3.78. The van der Waals surface area contributed by atoms with Gasteiger partial charge in [0, 0.05) is 18.4 Å². The number of likely N-dealkylation sites (tertiary alicyclic amines) is 1. The van der Waals surface area contributed by atoms with Gasteiger partial charge in [-0.2, -0.15) is 0 Å². The van der Waals surface area contributed by atoms with Crippen LogP contribution in [0.15, 0.2) is 42.2 Å². The lowest BCUT2D eigenvalue weighted by Crippen LogP contribution is -2.46. The molecule has 3 rings (SSSR count). The predicted octanol–water partition coefficient (Wildman–Crippen LogP) is 3.08. The average molecular weight is 343 g/mol. The molecule has 1 saturated heterocycles. The summed E-state index contributed by atoms with van der Waals surface area (Å²) in [5.74, 6) is 0.408. The first-order valence-electron chi connectivity index (χ1n) is 9.43. The van der Waals surface area contributed by atoms with Crippen molar-refractivity contribution in [1.82, 2.24) is 10.4 Å². The number of hydrogen-bond donors (Lipinski definition) is 2. The molecule has 1 aromatic carbocycles. The molecular formula is C20H29N3O2. The van der Waals surface area contributed by atoms with Crippen LogP contribution in [0, 0.1) is 5.92 Å². The number of rotatable bonds is 6. The second kappa shape index (κ2) is 9.02. The largest absolute Gasteiger partial charge is 0.320 e. The van der Waals surface area contributed by atoms with Crippen LogP contribution in [0.25, 0.3) is 0 Å². The van der Waals surface area contributed by atoms with E-state index < -0.39 is 0 Å². The minimum absolute atomic E-state index is 0.0699. The van der Waals surface area contributed by atoms with Crippen molar-refractivity contribution >= 4 is 5.91 Å². The standard InChI is InChI=1S/C20H29N3O2/c21-19(17-10-5-2-6-11-17)20(24)23-13-7-12-18(23)14-22-25-15-16-8-3-1-4-9-16/h1,3-4,8-9,14,17,19,22H,2,5-7,10-13,15,21H2/b18-14+/t19-/m0/s1. The fourth-order valence-electron chi connectivity index (χ4n) is 3.78. The molecule has 5 heteroatoms. The molecule has 2 fully saturated rings. The van der Waals surface area contributed by atoms with Gasteiger partial charge in [-0.15, -0.1) is 0 Å². The predicted molar refractivity (Wildman–Crippen MR) is 97.9 cm³/mol. The monoisotopic (exact) mass is 343 g/mol. The van der Waals surface area contributed by atoms with Crippen molar-refractivity contribution in [2.75, 3.05) is 6.54 Å². The molecule has 1 saturated carbocycles. The van der Waals surface area contributed by atoms with Gasteiger partial charge in [0.2, 0.25) is 5.91 Å². The van der Waals surface area contributed by atoms with E-state index in [0.29, 0.717) is 12.5 Å². The summed E-state index contributed by atoms with van der Waals surface area (Å²) < 4.78 is 0. The van der Waals surface area contributed by atoms with Crippen LogP contribution in [0.3, 0.4) is 0 Å². The highest BCUT2D eigenvalue weighted by atomic mass is 16.6. The summed E-state index contributed by atoms with van der Waals surface area (Å²) in [5.41, 5.74) is 11.3. The molecule has 0 radical (unpaired) electrons. The van der Waals surface area contributed by atoms with Crippen molar-refractivity contribution in [2.24, 2.45) is 11.7 Å². The lowest BCUT2D eigenvalue weighted by atomic mass is 9.84. The lowest BCUT2D eigenvalue weighted by molar-refractivity contribution is -0.131. The Morgan fingerprint density at radius 1 is 1.24 bits per heavy atom. The van der Waals surface area contributed by atoms with E-state index in [4.69, 9.17) is 10.6 Å². The van der Waals surface area contributed by atoms with Crippen LogP contribution in [0.4, 0.5) is 0 Å². The molecule has 0 bridgehead atoms. The van der Waals surface area contributed by atoms with Crippen LogP contribution in [-0.4, -0.2) is 23.4 Å². The van der Waals surface area contributed by atoms with Gasteiger partial charge in [-0.1, -0.05) is 49.6 Å². The fraction of sp³-hybridized carbons (Fsp3) is 0.550. The van der Waals surface area contributed by atoms with E-state index in [1.54, 1.807) is 6.20 Å². The molecule has 136 valence electrons. The Morgan fingerprint density at radius 3 is 2.76 bits per heavy atom. The Balaban J connectivity index is 1.51. The maximum Gasteiger partial charge on any atom is 0.243 e. The first-order chi connectivity index (χ1) is 12.3. The van der Waals surface area contributed by atoms with Gasteiger partial charge in [-0.25, -0.2) is 0 Å². The van der Waals surface area contributed by atoms with Crippen molar-refractivity contribution in [3.05, 3.63) is 47.8 Å². The smallest absolute Gasteiger partial charge is 0.243 e. The topological polar surface area (TPSA) is 67.6 Å². The highest BCUT2D eigenvalue weighted by Gasteiger charge is 2.32. The van der Waals surface area contributed by atoms with E-state index >= 15 is 0 Å². The molecule has 1 atom stereocenters. The van der Waals surface area contributed by atoms with E-state index in [1.165, 1.54) is 19.3 Å². The molecule has 0 unspecified atom stereocenters. The van der Waals surface area contributed by atoms with Gasteiger partial charge in [0.15, 0.2) is 0 Å². The Bertz CT molecular complexity index is 582. The first kappa shape index (κ1) is 18.0. The van der Waals surface area contributed by atoms with E-state index in [2.05, 4.69) is 5.48 Å². The van der Waals surface area contributed by atoms with E-state index in [1.807, 2.05) is 35.2 Å². The Morgan fingerprint density at radius 2 is 2.00 bits per heavy atom. The maximum absolute atomic E-state index is 12.8. The third kappa shape index (κ3) is 4.83. The quantitative estimate of drug-likeness (QED) is 0.615. The lowest BCUT2D eigenvalue weighted by Gasteiger charge is -2.30. The highest BCUT2D eigenvalue weighted by molar-refractivity contribution is 5.84. The van der Waals surface area contributed by atoms with Gasteiger partial charge in [0.05, 0.1) is 12.6 Å². The molecule has 1 aliphatic heterocycles. The van der Waals surface area contributed by atoms with Gasteiger partial charge < -0.3 is 10.6 Å². The summed E-state index contributed by atoms with van der Waals surface area (Å²) in [6.45, 7) is 1.24. The molecule has 1 amide bonds. The van der Waals surface area contributed by atoms with Crippen LogP contribution >= 0.6 is 0 Å². The van der Waals surface area contributed by atoms with E-state index in [-0.39, 0.29) is 11.9 Å². The van der Waals surface area contributed by atoms with Crippen LogP contribution in [-0.2, 0) is 16.2 Å². The Hall–Kier alpha value is -1.85. The molecule has 25 heavy (non-hydrogen) atoms. The minimum atomic E-state index is -0.368. The Labute approximate surface area is 150 Å². The molecule has 0 spiro atoms. The summed E-state index contributed by atoms with van der Waals surface area (Å²) in [5, 5.41) is 0. The molecule has 1 heterocycles. The third-order valence-corrected chi connectivity index (χ3v) is 5.26. The number of hydroxylamine groups is 1. The number of nitrogens with one attached hydrogen (secondary N) is 1. The maximum atomic E-state index is 12.8. The van der Waals surface area contributed by atoms with Crippen molar-refractivity contribution in [3.63, 3.8) is 0 Å². The van der Waals surface area contributed by atoms with Crippen LogP contribution in [0.1, 0.15) is 50.5 Å². The molecule has 2 aliphatic rings. The zero-order valence-electron chi connectivity index (χ0n) is 14.8. The van der Waals surface area contributed by atoms with Gasteiger partial charge >= 0.3 is 0 Å². The molecular weight excluding hydrogens is 314 g/mol. The van der Waals surface area contributed by atoms with Crippen LogP contribution in [0.2, 0.25) is 0 Å². The molecule has 1 aromatic rings. The molecule has 3 N–H and O–H groups in total. The van der Waals surface area contributed by atoms with Gasteiger partial charge in [-0.05, 0) is 37.2 Å². The van der Waals surface area contributed by atoms with Gasteiger partial charge in [0.25, 0.3) is 0 Å². The van der Waals surface area contributed by atoms with Gasteiger partial charge in [0.1, 0.15) is 0 Å². The van der Waals surface area contributed by atoms with E-state index in [9.17, 15) is 4.79 Å². The van der Waals surface area contributed by atoms with Crippen molar-refractivity contribution in [2.45, 2.75) is 57.6 Å². The second-order valence-electron chi connectivity index (χ2n) is 7.05. The normalized spacial score (nSPS) is 21.5. The van der Waals surface area contributed by atoms with Crippen LogP contribution in [0.5, 0.6) is 0 Å². The number of hydrogen-bond acceptors (Lipinski definition) is 4. The van der Waals surface area contributed by atoms with E-state index in [0.717, 1.165) is 43.5 Å². The zero-order valence-corrected chi connectivity index (χ0v) is 14.8. The van der Waals surface area contributed by atoms with Gasteiger partial charge in [-0.3, -0.25) is 15.1 Å². The Kier molecular flexibility index (Phi) is 6.48. The highest BCUT2D eigenvalue weighted by Crippen LogP contribution is 2.28. The second-order valence-corrected chi connectivity index (χ2v) is 7.05. The minimum Gasteiger partial charge on any atom is -0.320 e. The summed E-state index contributed by atoms with van der Waals surface area (Å²) in [4.78, 5) is 20.1. The number of allylic oxidation sites excluding steroid dienone is 1. The molecule has 5 nitrogen and oxygen atoms in total. The van der Waals surface area contributed by atoms with Crippen molar-refractivity contribution < 1.29 is 9.63 Å². The summed E-state index contributed by atoms with van der Waals surface area (Å²) >= 11 is 0. The third-order valence-electron chi connectivity index (χ3n) is 5.26.